The first-order chi connectivity index (χ1) is 8.61. The topological polar surface area (TPSA) is 33.1 Å². The Morgan fingerprint density at radius 1 is 1.28 bits per heavy atom. The molecule has 0 spiro atoms. The number of nitrogens with zero attached hydrogens (tertiary/aromatic N) is 1. The molecule has 0 atom stereocenters. The Balaban J connectivity index is 2.28. The monoisotopic (exact) mass is 325 g/mol. The number of benzene rings is 1. The largest absolute Gasteiger partial charge is 0.396 e. The fourth-order valence-electron chi connectivity index (χ4n) is 1.72. The second-order valence-corrected chi connectivity index (χ2v) is 6.32. The lowest BCUT2D eigenvalue weighted by Crippen LogP contribution is -1.86. The van der Waals surface area contributed by atoms with Crippen molar-refractivity contribution in [1.82, 2.24) is 4.98 Å². The minimum atomic E-state index is 0.159. The molecule has 0 saturated carbocycles. The summed E-state index contributed by atoms with van der Waals surface area (Å²) in [5, 5.41) is 9.98. The number of rotatable bonds is 4. The van der Waals surface area contributed by atoms with Gasteiger partial charge in [0.1, 0.15) is 9.61 Å². The quantitative estimate of drug-likeness (QED) is 0.912. The molecule has 1 heterocycles. The highest BCUT2D eigenvalue weighted by Gasteiger charge is 2.10. The van der Waals surface area contributed by atoms with Crippen molar-refractivity contribution in [1.29, 1.82) is 0 Å². The Kier molecular flexibility index (Phi) is 4.54. The fourth-order valence-corrected chi connectivity index (χ4v) is 3.41. The summed E-state index contributed by atoms with van der Waals surface area (Å²) in [6.45, 7) is 4.54. The summed E-state index contributed by atoms with van der Waals surface area (Å²) < 4.78 is 0.851. The van der Waals surface area contributed by atoms with Crippen molar-refractivity contribution in [2.24, 2.45) is 0 Å². The molecule has 1 N–H and O–H groups in total. The first-order valence-electron chi connectivity index (χ1n) is 5.98. The van der Waals surface area contributed by atoms with Gasteiger partial charge in [-0.3, -0.25) is 0 Å². The van der Waals surface area contributed by atoms with E-state index in [2.05, 4.69) is 59.0 Å². The van der Waals surface area contributed by atoms with Crippen molar-refractivity contribution in [3.63, 3.8) is 0 Å². The molecular formula is C14H16BrNOS. The second kappa shape index (κ2) is 5.95. The zero-order valence-corrected chi connectivity index (χ0v) is 12.9. The van der Waals surface area contributed by atoms with Gasteiger partial charge in [0.15, 0.2) is 0 Å². The van der Waals surface area contributed by atoms with Gasteiger partial charge >= 0.3 is 0 Å². The zero-order valence-electron chi connectivity index (χ0n) is 10.5. The predicted molar refractivity (Wildman–Crippen MR) is 80.1 cm³/mol. The van der Waals surface area contributed by atoms with E-state index in [0.717, 1.165) is 20.1 Å². The number of halogens is 1. The average Bonchev–Trinajstić information content (AvgIpc) is 2.72. The molecule has 4 heteroatoms. The van der Waals surface area contributed by atoms with E-state index in [4.69, 9.17) is 5.11 Å². The summed E-state index contributed by atoms with van der Waals surface area (Å²) in [6, 6.07) is 8.54. The van der Waals surface area contributed by atoms with E-state index in [1.54, 1.807) is 11.3 Å². The SMILES string of the molecule is CC(C)c1ccc(-c2nc(Br)c(CCO)s2)cc1. The Hall–Kier alpha value is -0.710. The molecule has 18 heavy (non-hydrogen) atoms. The zero-order chi connectivity index (χ0) is 13.1. The lowest BCUT2D eigenvalue weighted by Gasteiger charge is -2.05. The molecule has 0 unspecified atom stereocenters. The van der Waals surface area contributed by atoms with Crippen molar-refractivity contribution in [2.45, 2.75) is 26.2 Å². The van der Waals surface area contributed by atoms with Gasteiger partial charge in [-0.25, -0.2) is 4.98 Å². The average molecular weight is 326 g/mol. The van der Waals surface area contributed by atoms with Crippen LogP contribution in [0.25, 0.3) is 10.6 Å². The Labute approximate surface area is 120 Å². The number of thiazole rings is 1. The van der Waals surface area contributed by atoms with Crippen molar-refractivity contribution >= 4 is 27.3 Å². The summed E-state index contributed by atoms with van der Waals surface area (Å²) in [5.74, 6) is 0.548. The van der Waals surface area contributed by atoms with Crippen LogP contribution < -0.4 is 0 Å². The summed E-state index contributed by atoms with van der Waals surface area (Å²) in [5.41, 5.74) is 2.47. The van der Waals surface area contributed by atoms with Crippen molar-refractivity contribution in [3.05, 3.63) is 39.3 Å². The van der Waals surface area contributed by atoms with Gasteiger partial charge in [0.2, 0.25) is 0 Å². The van der Waals surface area contributed by atoms with E-state index in [1.807, 2.05) is 0 Å². The van der Waals surface area contributed by atoms with E-state index < -0.39 is 0 Å². The van der Waals surface area contributed by atoms with Crippen LogP contribution in [0.4, 0.5) is 0 Å². The molecule has 0 amide bonds. The molecule has 0 aliphatic rings. The summed E-state index contributed by atoms with van der Waals surface area (Å²) in [6.07, 6.45) is 0.655. The van der Waals surface area contributed by atoms with Crippen LogP contribution >= 0.6 is 27.3 Å². The highest BCUT2D eigenvalue weighted by atomic mass is 79.9. The molecule has 2 aromatic rings. The molecule has 0 bridgehead atoms. The Bertz CT molecular complexity index is 519. The van der Waals surface area contributed by atoms with Crippen LogP contribution in [-0.4, -0.2) is 16.7 Å². The smallest absolute Gasteiger partial charge is 0.124 e. The normalized spacial score (nSPS) is 11.2. The third kappa shape index (κ3) is 2.99. The molecule has 1 aromatic heterocycles. The molecule has 2 nitrogen and oxygen atoms in total. The van der Waals surface area contributed by atoms with Crippen LogP contribution in [-0.2, 0) is 6.42 Å². The molecule has 0 saturated heterocycles. The van der Waals surface area contributed by atoms with Gasteiger partial charge in [0.05, 0.1) is 0 Å². The summed E-state index contributed by atoms with van der Waals surface area (Å²) in [7, 11) is 0. The highest BCUT2D eigenvalue weighted by Crippen LogP contribution is 2.32. The van der Waals surface area contributed by atoms with Crippen molar-refractivity contribution < 1.29 is 5.11 Å². The molecule has 96 valence electrons. The second-order valence-electron chi connectivity index (χ2n) is 4.48. The lowest BCUT2D eigenvalue weighted by molar-refractivity contribution is 0.300. The third-order valence-electron chi connectivity index (χ3n) is 2.81. The van der Waals surface area contributed by atoms with E-state index in [9.17, 15) is 0 Å². The van der Waals surface area contributed by atoms with Gasteiger partial charge in [-0.05, 0) is 27.4 Å². The minimum absolute atomic E-state index is 0.159. The maximum Gasteiger partial charge on any atom is 0.124 e. The first-order valence-corrected chi connectivity index (χ1v) is 7.59. The van der Waals surface area contributed by atoms with Crippen LogP contribution in [0.3, 0.4) is 0 Å². The highest BCUT2D eigenvalue weighted by molar-refractivity contribution is 9.10. The number of aliphatic hydroxyl groups is 1. The maximum absolute atomic E-state index is 8.98. The van der Waals surface area contributed by atoms with Crippen LogP contribution in [0, 0.1) is 0 Å². The molecule has 2 rings (SSSR count). The van der Waals surface area contributed by atoms with Gasteiger partial charge in [0.25, 0.3) is 0 Å². The van der Waals surface area contributed by atoms with Crippen LogP contribution in [0.5, 0.6) is 0 Å². The summed E-state index contributed by atoms with van der Waals surface area (Å²) >= 11 is 5.07. The Morgan fingerprint density at radius 3 is 2.50 bits per heavy atom. The minimum Gasteiger partial charge on any atom is -0.396 e. The summed E-state index contributed by atoms with van der Waals surface area (Å²) in [4.78, 5) is 5.60. The molecule has 0 aliphatic heterocycles. The van der Waals surface area contributed by atoms with E-state index in [0.29, 0.717) is 12.3 Å². The molecule has 0 fully saturated rings. The molecule has 0 aliphatic carbocycles. The first kappa shape index (κ1) is 13.7. The van der Waals surface area contributed by atoms with E-state index in [1.165, 1.54) is 5.56 Å². The van der Waals surface area contributed by atoms with Gasteiger partial charge in [-0.2, -0.15) is 0 Å². The predicted octanol–water partition coefficient (Wildman–Crippen LogP) is 4.23. The third-order valence-corrected chi connectivity index (χ3v) is 4.90. The van der Waals surface area contributed by atoms with E-state index >= 15 is 0 Å². The maximum atomic E-state index is 8.98. The van der Waals surface area contributed by atoms with Crippen molar-refractivity contribution in [3.8, 4) is 10.6 Å². The standard InChI is InChI=1S/C14H16BrNOS/c1-9(2)10-3-5-11(6-4-10)14-16-13(15)12(18-14)7-8-17/h3-6,9,17H,7-8H2,1-2H3. The van der Waals surface area contributed by atoms with Crippen LogP contribution in [0.1, 0.15) is 30.2 Å². The van der Waals surface area contributed by atoms with E-state index in [-0.39, 0.29) is 6.61 Å². The number of aliphatic hydroxyl groups excluding tert-OH is 1. The number of hydrogen-bond donors (Lipinski definition) is 1. The molecular weight excluding hydrogens is 310 g/mol. The molecule has 1 aromatic carbocycles. The Morgan fingerprint density at radius 2 is 1.94 bits per heavy atom. The fraction of sp³-hybridized carbons (Fsp3) is 0.357. The lowest BCUT2D eigenvalue weighted by atomic mass is 10.0. The van der Waals surface area contributed by atoms with Gasteiger partial charge in [-0.1, -0.05) is 38.1 Å². The number of hydrogen-bond acceptors (Lipinski definition) is 3. The van der Waals surface area contributed by atoms with Gasteiger partial charge in [0, 0.05) is 23.5 Å². The van der Waals surface area contributed by atoms with Crippen molar-refractivity contribution in [2.75, 3.05) is 6.61 Å². The van der Waals surface area contributed by atoms with Crippen LogP contribution in [0.2, 0.25) is 0 Å². The number of aromatic nitrogens is 1. The van der Waals surface area contributed by atoms with Gasteiger partial charge in [-0.15, -0.1) is 11.3 Å². The van der Waals surface area contributed by atoms with Gasteiger partial charge < -0.3 is 5.11 Å². The molecule has 0 radical (unpaired) electrons. The van der Waals surface area contributed by atoms with Crippen LogP contribution in [0.15, 0.2) is 28.9 Å².